The van der Waals surface area contributed by atoms with Crippen LogP contribution in [0.3, 0.4) is 0 Å². The van der Waals surface area contributed by atoms with Crippen LogP contribution in [-0.4, -0.2) is 99.0 Å². The Labute approximate surface area is 632 Å². The summed E-state index contributed by atoms with van der Waals surface area (Å²) in [7, 11) is 0. The molecule has 0 aliphatic heterocycles. The van der Waals surface area contributed by atoms with Gasteiger partial charge in [-0.15, -0.1) is 0 Å². The number of benzene rings is 5. The number of carboxylic acid groups (broad SMARTS) is 1. The Morgan fingerprint density at radius 1 is 0.495 bits per heavy atom. The zero-order valence-electron chi connectivity index (χ0n) is 57.8. The number of aromatic carboxylic acids is 1. The van der Waals surface area contributed by atoms with Crippen molar-refractivity contribution in [2.24, 2.45) is 0 Å². The molecule has 0 fully saturated rings. The number of rotatable bonds is 16. The zero-order valence-corrected chi connectivity index (χ0v) is 59.8. The maximum atomic E-state index is 13.6. The van der Waals surface area contributed by atoms with Crippen LogP contribution < -0.4 is 56.6 Å². The zero-order chi connectivity index (χ0) is 74.1. The Morgan fingerprint density at radius 2 is 0.888 bits per heavy atom. The van der Waals surface area contributed by atoms with Gasteiger partial charge in [-0.2, -0.15) is 26.3 Å². The van der Waals surface area contributed by atoms with Crippen molar-refractivity contribution >= 4 is 64.1 Å². The van der Waals surface area contributed by atoms with Crippen LogP contribution in [0.15, 0.2) is 226 Å². The van der Waals surface area contributed by atoms with Crippen LogP contribution in [0, 0.1) is 34.6 Å². The fourth-order valence-electron chi connectivity index (χ4n) is 9.80. The molecule has 542 valence electrons. The van der Waals surface area contributed by atoms with Gasteiger partial charge in [0.1, 0.15) is 0 Å². The molecule has 0 atom stereocenters. The Hall–Kier alpha value is -12.6. The van der Waals surface area contributed by atoms with Crippen LogP contribution in [0.4, 0.5) is 72.6 Å². The van der Waals surface area contributed by atoms with Gasteiger partial charge in [0.2, 0.25) is 17.8 Å². The van der Waals surface area contributed by atoms with Crippen LogP contribution >= 0.6 is 0 Å². The van der Waals surface area contributed by atoms with Gasteiger partial charge < -0.3 is 51.5 Å². The van der Waals surface area contributed by atoms with Crippen LogP contribution in [0.5, 0.6) is 0 Å². The van der Waals surface area contributed by atoms with Crippen molar-refractivity contribution in [2.75, 3.05) is 33.6 Å². The number of hydrogen-bond donors (Lipinski definition) is 6. The molecule has 31 heteroatoms. The van der Waals surface area contributed by atoms with Gasteiger partial charge in [0.15, 0.2) is 0 Å². The Kier molecular flexibility index (Phi) is 28.4. The minimum absolute atomic E-state index is 0. The second-order valence-electron chi connectivity index (χ2n) is 22.9. The van der Waals surface area contributed by atoms with Gasteiger partial charge in [-0.05, 0) is 186 Å². The number of anilines is 8. The van der Waals surface area contributed by atoms with Crippen molar-refractivity contribution in [3.63, 3.8) is 0 Å². The number of nitrogen functional groups attached to an aromatic ring is 1. The Morgan fingerprint density at radius 3 is 1.27 bits per heavy atom. The van der Waals surface area contributed by atoms with E-state index in [-0.39, 0.29) is 76.6 Å². The van der Waals surface area contributed by atoms with E-state index < -0.39 is 35.4 Å². The number of imidazole rings is 2. The average molecular weight is 1470 g/mol. The van der Waals surface area contributed by atoms with Crippen LogP contribution in [-0.2, 0) is 17.1 Å². The van der Waals surface area contributed by atoms with E-state index in [0.717, 1.165) is 80.4 Å². The number of nitrogens with two attached hydrogens (primary N) is 1. The maximum absolute atomic E-state index is 13.6. The standard InChI is InChI=1S/C28H22F3N7O.C19H18N4O2.C17H14N4O2.C11H10F3N3.CH4.Na.H2O/c1-17-5-6-19(10-25(17)37-27-33-9-7-24(36-27)20-4-3-8-32-14-20)26(39)35-22-11-21(28(29,30)31)12-23(13-22)38-15-18(2)34-16-38;1-3-25-18(24)14-7-6-13(2)17(11-14)23-19-21-10-8-16(22-19)15-5-4-9-20-12-15;1-11-4-5-12(16(22)23)9-15(11)21-17-19-8-6-14(20-17)13-3-2-7-18-10-13;1-7-5-17(6-16-7)10-3-8(11(12,13)14)2-9(15)4-10;;;/h3-16H,1-2H3,(H,35,39)(H,33,36,37);4-12H,3H2,1-2H3,(H,21,22,23);2-10H,1H3,(H,22,23)(H,19,20,21);2-6H,15H2,1H3;1H4;;1H2/q;;;;;+1;/p-1. The molecule has 0 radical (unpaired) electrons. The van der Waals surface area contributed by atoms with Gasteiger partial charge in [0, 0.05) is 130 Å². The van der Waals surface area contributed by atoms with Gasteiger partial charge in [-0.3, -0.25) is 19.7 Å². The summed E-state index contributed by atoms with van der Waals surface area (Å²) in [6.07, 6.45) is 12.3. The third-order valence-corrected chi connectivity index (χ3v) is 15.1. The smallest absolute Gasteiger partial charge is 0.870 e. The molecule has 8 heterocycles. The van der Waals surface area contributed by atoms with E-state index in [4.69, 9.17) is 15.6 Å². The number of halogens is 6. The fourth-order valence-corrected chi connectivity index (χ4v) is 9.80. The van der Waals surface area contributed by atoms with E-state index in [1.54, 1.807) is 156 Å². The first-order chi connectivity index (χ1) is 49.8. The summed E-state index contributed by atoms with van der Waals surface area (Å²) in [5, 5.41) is 21.0. The van der Waals surface area contributed by atoms with Gasteiger partial charge in [0.25, 0.3) is 5.91 Å². The van der Waals surface area contributed by atoms with Gasteiger partial charge in [-0.1, -0.05) is 25.6 Å². The Balaban J connectivity index is 0.000000206. The maximum Gasteiger partial charge on any atom is 1.00 e. The number of nitrogens with one attached hydrogen (secondary N) is 4. The number of alkyl halides is 6. The molecule has 5 aromatic carbocycles. The SMILES string of the molecule is C.CCOC(=O)c1ccc(C)c(Nc2nccc(-c3cccnc3)n2)c1.Cc1ccc(C(=O)O)cc1Nc1nccc(-c2cccnc2)n1.Cc1cn(-c2cc(N)cc(C(F)(F)F)c2)cn1.Cc1cn(-c2cc(NC(=O)c3ccc(C)c(Nc4nccc(-c5cccnc5)n4)c3)cc(C(F)(F)F)c2)cn1.[Na+].[OH-]. The molecule has 0 saturated heterocycles. The molecule has 0 aliphatic carbocycles. The molecule has 0 spiro atoms. The molecular weight excluding hydrogens is 1400 g/mol. The number of nitrogens with zero attached hydrogens (tertiary/aromatic N) is 13. The van der Waals surface area contributed by atoms with E-state index in [1.807, 2.05) is 63.2 Å². The second-order valence-corrected chi connectivity index (χ2v) is 22.9. The molecule has 0 aliphatic rings. The van der Waals surface area contributed by atoms with Crippen LogP contribution in [0.2, 0.25) is 0 Å². The van der Waals surface area contributed by atoms with Crippen molar-refractivity contribution in [1.29, 1.82) is 0 Å². The molecule has 0 bridgehead atoms. The number of aromatic nitrogens is 13. The minimum atomic E-state index is -4.60. The predicted octanol–water partition coefficient (Wildman–Crippen LogP) is 13.7. The summed E-state index contributed by atoms with van der Waals surface area (Å²) < 4.78 is 86.6. The summed E-state index contributed by atoms with van der Waals surface area (Å²) in [6, 6.07) is 38.5. The molecule has 107 heavy (non-hydrogen) atoms. The van der Waals surface area contributed by atoms with Crippen molar-refractivity contribution in [3.8, 4) is 45.1 Å². The molecule has 8 aromatic heterocycles. The van der Waals surface area contributed by atoms with E-state index in [9.17, 15) is 40.7 Å². The van der Waals surface area contributed by atoms with E-state index >= 15 is 0 Å². The van der Waals surface area contributed by atoms with Gasteiger partial charge in [0.05, 0.1) is 70.0 Å². The molecule has 13 aromatic rings. The molecule has 13 rings (SSSR count). The number of pyridine rings is 3. The predicted molar refractivity (Wildman–Crippen MR) is 390 cm³/mol. The van der Waals surface area contributed by atoms with Crippen LogP contribution in [0.1, 0.15) is 84.6 Å². The number of aryl methyl sites for hydroxylation is 5. The summed E-state index contributed by atoms with van der Waals surface area (Å²) in [4.78, 5) is 82.6. The number of esters is 1. The number of ether oxygens (including phenoxy) is 1. The van der Waals surface area contributed by atoms with Crippen molar-refractivity contribution in [1.82, 2.24) is 64.0 Å². The summed E-state index contributed by atoms with van der Waals surface area (Å²) >= 11 is 0. The molecule has 0 unspecified atom stereocenters. The van der Waals surface area contributed by atoms with Crippen molar-refractivity contribution in [3.05, 3.63) is 282 Å². The first-order valence-electron chi connectivity index (χ1n) is 31.6. The number of carbonyl (C=O) groups is 3. The number of amides is 1. The molecule has 24 nitrogen and oxygen atoms in total. The Bertz CT molecular complexity index is 5170. The van der Waals surface area contributed by atoms with Crippen molar-refractivity contribution < 1.29 is 85.6 Å². The van der Waals surface area contributed by atoms with E-state index in [0.29, 0.717) is 58.5 Å². The molecule has 8 N–H and O–H groups in total. The first kappa shape index (κ1) is 81.7. The topological polar surface area (TPSA) is 336 Å². The number of hydrogen-bond acceptors (Lipinski definition) is 20. The second kappa shape index (κ2) is 37.2. The normalized spacial score (nSPS) is 10.6. The summed E-state index contributed by atoms with van der Waals surface area (Å²) in [5.74, 6) is -0.735. The van der Waals surface area contributed by atoms with Gasteiger partial charge >= 0.3 is 53.8 Å². The number of carboxylic acids is 1. The third kappa shape index (κ3) is 22.7. The van der Waals surface area contributed by atoms with Crippen LogP contribution in [0.25, 0.3) is 45.1 Å². The van der Waals surface area contributed by atoms with Gasteiger partial charge in [-0.25, -0.2) is 49.5 Å². The molecule has 0 saturated carbocycles. The number of carbonyl (C=O) groups excluding carboxylic acids is 2. The summed E-state index contributed by atoms with van der Waals surface area (Å²) in [5.41, 5.74) is 16.2. The van der Waals surface area contributed by atoms with E-state index in [1.165, 1.54) is 33.9 Å². The fraction of sp³-hybridized carbons (Fsp3) is 0.132. The van der Waals surface area contributed by atoms with E-state index in [2.05, 4.69) is 76.1 Å². The van der Waals surface area contributed by atoms with Crippen molar-refractivity contribution in [2.45, 2.75) is 61.3 Å². The largest absolute Gasteiger partial charge is 1.00 e. The quantitative estimate of drug-likeness (QED) is 0.0226. The molecule has 1 amide bonds. The average Bonchev–Trinajstić information content (AvgIpc) is 1.81. The minimum Gasteiger partial charge on any atom is -0.870 e. The summed E-state index contributed by atoms with van der Waals surface area (Å²) in [6.45, 7) is 11.3. The third-order valence-electron chi connectivity index (χ3n) is 15.1. The monoisotopic (exact) mass is 1470 g/mol. The molecular formula is C76H69F6N18NaO6. The first-order valence-corrected chi connectivity index (χ1v) is 31.6.